The van der Waals surface area contributed by atoms with E-state index < -0.39 is 11.9 Å². The third-order valence-corrected chi connectivity index (χ3v) is 3.46. The van der Waals surface area contributed by atoms with Crippen LogP contribution in [0.15, 0.2) is 48.5 Å². The summed E-state index contributed by atoms with van der Waals surface area (Å²) in [6.07, 6.45) is 0. The average Bonchev–Trinajstić information content (AvgIpc) is 2.69. The van der Waals surface area contributed by atoms with Crippen LogP contribution in [0.4, 0.5) is 0 Å². The number of benzene rings is 2. The molecule has 0 heterocycles. The molecule has 0 aliphatic heterocycles. The lowest BCUT2D eigenvalue weighted by Gasteiger charge is -2.11. The highest BCUT2D eigenvalue weighted by atomic mass is 16.5. The molecule has 0 aromatic heterocycles. The number of hydrogen-bond acceptors (Lipinski definition) is 6. The first-order valence-corrected chi connectivity index (χ1v) is 8.03. The van der Waals surface area contributed by atoms with Crippen LogP contribution in [-0.2, 0) is 16.1 Å². The van der Waals surface area contributed by atoms with Crippen LogP contribution in [0.5, 0.6) is 11.5 Å². The third kappa shape index (κ3) is 5.78. The molecule has 0 aliphatic carbocycles. The SMILES string of the molecule is COc1ccccc1OCCNC(=O)COC(=O)c1ccc(CO)cc1. The summed E-state index contributed by atoms with van der Waals surface area (Å²) in [6.45, 7) is 0.0339. The highest BCUT2D eigenvalue weighted by Gasteiger charge is 2.10. The highest BCUT2D eigenvalue weighted by molar-refractivity contribution is 5.91. The maximum absolute atomic E-state index is 11.8. The van der Waals surface area contributed by atoms with Crippen LogP contribution in [-0.4, -0.2) is 43.9 Å². The molecule has 0 saturated carbocycles. The first-order valence-electron chi connectivity index (χ1n) is 8.03. The van der Waals surface area contributed by atoms with Gasteiger partial charge in [-0.25, -0.2) is 4.79 Å². The molecule has 2 N–H and O–H groups in total. The molecule has 0 saturated heterocycles. The summed E-state index contributed by atoms with van der Waals surface area (Å²) in [5, 5.41) is 11.6. The standard InChI is InChI=1S/C19H21NO6/c1-24-16-4-2-3-5-17(16)25-11-10-20-18(22)13-26-19(23)15-8-6-14(12-21)7-9-15/h2-9,21H,10-13H2,1H3,(H,20,22). The number of aliphatic hydroxyl groups is 1. The van der Waals surface area contributed by atoms with Crippen molar-refractivity contribution >= 4 is 11.9 Å². The van der Waals surface area contributed by atoms with Crippen molar-refractivity contribution in [2.45, 2.75) is 6.61 Å². The van der Waals surface area contributed by atoms with E-state index in [1.165, 1.54) is 12.1 Å². The number of hydrogen-bond donors (Lipinski definition) is 2. The number of carbonyl (C=O) groups excluding carboxylic acids is 2. The Hall–Kier alpha value is -3.06. The minimum absolute atomic E-state index is 0.103. The number of carbonyl (C=O) groups is 2. The van der Waals surface area contributed by atoms with E-state index in [0.29, 0.717) is 22.6 Å². The normalized spacial score (nSPS) is 10.1. The van der Waals surface area contributed by atoms with E-state index in [0.717, 1.165) is 0 Å². The lowest BCUT2D eigenvalue weighted by Crippen LogP contribution is -2.32. The van der Waals surface area contributed by atoms with Gasteiger partial charge in [-0.3, -0.25) is 4.79 Å². The van der Waals surface area contributed by atoms with Crippen LogP contribution in [0, 0.1) is 0 Å². The van der Waals surface area contributed by atoms with Crippen molar-refractivity contribution in [3.05, 3.63) is 59.7 Å². The minimum atomic E-state index is -0.602. The van der Waals surface area contributed by atoms with Crippen LogP contribution in [0.3, 0.4) is 0 Å². The molecule has 0 unspecified atom stereocenters. The minimum Gasteiger partial charge on any atom is -0.493 e. The Morgan fingerprint density at radius 2 is 1.73 bits per heavy atom. The number of methoxy groups -OCH3 is 1. The zero-order valence-corrected chi connectivity index (χ0v) is 14.4. The molecule has 2 rings (SSSR count). The number of nitrogens with one attached hydrogen (secondary N) is 1. The summed E-state index contributed by atoms with van der Waals surface area (Å²) in [5.41, 5.74) is 1.00. The van der Waals surface area contributed by atoms with Gasteiger partial charge in [-0.1, -0.05) is 24.3 Å². The average molecular weight is 359 g/mol. The van der Waals surface area contributed by atoms with Gasteiger partial charge in [0.25, 0.3) is 5.91 Å². The molecule has 138 valence electrons. The van der Waals surface area contributed by atoms with Gasteiger partial charge in [0.1, 0.15) is 6.61 Å². The molecule has 7 nitrogen and oxygen atoms in total. The molecule has 7 heteroatoms. The Bertz CT molecular complexity index is 729. The molecule has 0 spiro atoms. The Kier molecular flexibility index (Phi) is 7.45. The van der Waals surface area contributed by atoms with Gasteiger partial charge in [-0.15, -0.1) is 0 Å². The molecule has 1 amide bonds. The van der Waals surface area contributed by atoms with Gasteiger partial charge < -0.3 is 24.6 Å². The second-order valence-electron chi connectivity index (χ2n) is 5.28. The van der Waals surface area contributed by atoms with Gasteiger partial charge in [0.2, 0.25) is 0 Å². The first kappa shape index (κ1) is 19.3. The van der Waals surface area contributed by atoms with E-state index in [1.54, 1.807) is 31.4 Å². The topological polar surface area (TPSA) is 94.1 Å². The smallest absolute Gasteiger partial charge is 0.338 e. The highest BCUT2D eigenvalue weighted by Crippen LogP contribution is 2.25. The fourth-order valence-electron chi connectivity index (χ4n) is 2.10. The Morgan fingerprint density at radius 1 is 1.04 bits per heavy atom. The maximum Gasteiger partial charge on any atom is 0.338 e. The zero-order valence-electron chi connectivity index (χ0n) is 14.4. The molecule has 0 atom stereocenters. The monoisotopic (exact) mass is 359 g/mol. The first-order chi connectivity index (χ1) is 12.6. The molecular formula is C19H21NO6. The number of rotatable bonds is 9. The summed E-state index contributed by atoms with van der Waals surface area (Å²) < 4.78 is 15.6. The molecule has 2 aromatic rings. The Morgan fingerprint density at radius 3 is 2.38 bits per heavy atom. The van der Waals surface area contributed by atoms with Gasteiger partial charge in [0, 0.05) is 0 Å². The second kappa shape index (κ2) is 10.0. The predicted octanol–water partition coefficient (Wildman–Crippen LogP) is 1.54. The number of para-hydroxylation sites is 2. The molecule has 2 aromatic carbocycles. The number of aliphatic hydroxyl groups excluding tert-OH is 1. The van der Waals surface area contributed by atoms with Gasteiger partial charge in [-0.2, -0.15) is 0 Å². The van der Waals surface area contributed by atoms with Gasteiger partial charge >= 0.3 is 5.97 Å². The lowest BCUT2D eigenvalue weighted by molar-refractivity contribution is -0.124. The third-order valence-electron chi connectivity index (χ3n) is 3.46. The summed E-state index contributed by atoms with van der Waals surface area (Å²) in [6, 6.07) is 13.5. The summed E-state index contributed by atoms with van der Waals surface area (Å²) in [5.74, 6) is 0.172. The van der Waals surface area contributed by atoms with Crippen molar-refractivity contribution in [2.24, 2.45) is 0 Å². The van der Waals surface area contributed by atoms with Crippen LogP contribution in [0.1, 0.15) is 15.9 Å². The van der Waals surface area contributed by atoms with Crippen molar-refractivity contribution < 1.29 is 28.9 Å². The van der Waals surface area contributed by atoms with Crippen LogP contribution in [0.2, 0.25) is 0 Å². The summed E-state index contributed by atoms with van der Waals surface area (Å²) in [4.78, 5) is 23.5. The quantitative estimate of drug-likeness (QED) is 0.521. The van der Waals surface area contributed by atoms with Crippen LogP contribution in [0.25, 0.3) is 0 Å². The van der Waals surface area contributed by atoms with Crippen molar-refractivity contribution in [1.82, 2.24) is 5.32 Å². The Balaban J connectivity index is 1.67. The van der Waals surface area contributed by atoms with Crippen LogP contribution < -0.4 is 14.8 Å². The molecular weight excluding hydrogens is 338 g/mol. The lowest BCUT2D eigenvalue weighted by atomic mass is 10.1. The van der Waals surface area contributed by atoms with E-state index in [1.807, 2.05) is 12.1 Å². The van der Waals surface area contributed by atoms with Crippen molar-refractivity contribution in [1.29, 1.82) is 0 Å². The molecule has 0 fully saturated rings. The fourth-order valence-corrected chi connectivity index (χ4v) is 2.10. The van der Waals surface area contributed by atoms with Crippen molar-refractivity contribution in [2.75, 3.05) is 26.9 Å². The molecule has 0 aliphatic rings. The summed E-state index contributed by atoms with van der Waals surface area (Å²) in [7, 11) is 1.55. The van der Waals surface area contributed by atoms with Crippen molar-refractivity contribution in [3.63, 3.8) is 0 Å². The van der Waals surface area contributed by atoms with E-state index in [9.17, 15) is 9.59 Å². The van der Waals surface area contributed by atoms with Gasteiger partial charge in [0.15, 0.2) is 18.1 Å². The summed E-state index contributed by atoms with van der Waals surface area (Å²) >= 11 is 0. The van der Waals surface area contributed by atoms with Gasteiger partial charge in [0.05, 0.1) is 25.8 Å². The Labute approximate surface area is 151 Å². The second-order valence-corrected chi connectivity index (χ2v) is 5.28. The number of ether oxygens (including phenoxy) is 3. The molecule has 26 heavy (non-hydrogen) atoms. The maximum atomic E-state index is 11.8. The van der Waals surface area contributed by atoms with Gasteiger partial charge in [-0.05, 0) is 29.8 Å². The predicted molar refractivity (Wildman–Crippen MR) is 94.1 cm³/mol. The van der Waals surface area contributed by atoms with E-state index in [-0.39, 0.29) is 26.4 Å². The van der Waals surface area contributed by atoms with Crippen molar-refractivity contribution in [3.8, 4) is 11.5 Å². The zero-order chi connectivity index (χ0) is 18.8. The van der Waals surface area contributed by atoms with Crippen LogP contribution >= 0.6 is 0 Å². The van der Waals surface area contributed by atoms with E-state index >= 15 is 0 Å². The van der Waals surface area contributed by atoms with E-state index in [2.05, 4.69) is 5.32 Å². The number of esters is 1. The number of amides is 1. The fraction of sp³-hybridized carbons (Fsp3) is 0.263. The van der Waals surface area contributed by atoms with E-state index in [4.69, 9.17) is 19.3 Å². The largest absolute Gasteiger partial charge is 0.493 e. The molecule has 0 radical (unpaired) electrons. The molecule has 0 bridgehead atoms.